The third-order valence-electron chi connectivity index (χ3n) is 4.62. The van der Waals surface area contributed by atoms with Crippen LogP contribution in [0.5, 0.6) is 0 Å². The third-order valence-corrected chi connectivity index (χ3v) is 6.18. The summed E-state index contributed by atoms with van der Waals surface area (Å²) in [7, 11) is 0. The van der Waals surface area contributed by atoms with Crippen molar-refractivity contribution >= 4 is 37.8 Å². The van der Waals surface area contributed by atoms with Gasteiger partial charge in [0, 0.05) is 25.2 Å². The molecule has 1 amide bonds. The molecule has 0 aromatic carbocycles. The Morgan fingerprint density at radius 3 is 2.57 bits per heavy atom. The maximum absolute atomic E-state index is 13.2. The Morgan fingerprint density at radius 1 is 1.36 bits per heavy atom. The van der Waals surface area contributed by atoms with E-state index in [1.807, 2.05) is 13.1 Å². The molecule has 0 spiro atoms. The molecule has 28 heavy (non-hydrogen) atoms. The van der Waals surface area contributed by atoms with E-state index in [0.717, 1.165) is 23.0 Å². The van der Waals surface area contributed by atoms with Gasteiger partial charge in [0.1, 0.15) is 6.04 Å². The van der Waals surface area contributed by atoms with Crippen LogP contribution in [-0.4, -0.2) is 32.0 Å². The molecule has 0 saturated heterocycles. The van der Waals surface area contributed by atoms with E-state index in [0.29, 0.717) is 25.2 Å². The maximum Gasteiger partial charge on any atom is 0.436 e. The number of alkyl halides is 3. The largest absolute Gasteiger partial charge is 0.436 e. The summed E-state index contributed by atoms with van der Waals surface area (Å²) in [5.74, 6) is -0.349. The van der Waals surface area contributed by atoms with Crippen molar-refractivity contribution in [3.8, 4) is 0 Å². The molecular weight excluding hydrogens is 507 g/mol. The monoisotopic (exact) mass is 525 g/mol. The van der Waals surface area contributed by atoms with Gasteiger partial charge in [0.25, 0.3) is 0 Å². The third kappa shape index (κ3) is 4.61. The SMILES string of the molecule is Cc1nn(CCCNC(=O)C(C)n2nc(C(F)(F)F)c(Br)c2C2CC2)cc1Br. The number of carbonyl (C=O) groups is 1. The first kappa shape index (κ1) is 21.4. The second kappa shape index (κ2) is 8.17. The van der Waals surface area contributed by atoms with E-state index in [1.165, 1.54) is 4.68 Å². The number of nitrogens with one attached hydrogen (secondary N) is 1. The van der Waals surface area contributed by atoms with Gasteiger partial charge in [0.2, 0.25) is 5.91 Å². The van der Waals surface area contributed by atoms with Gasteiger partial charge in [-0.15, -0.1) is 0 Å². The molecule has 1 fully saturated rings. The van der Waals surface area contributed by atoms with E-state index >= 15 is 0 Å². The highest BCUT2D eigenvalue weighted by atomic mass is 79.9. The first-order chi connectivity index (χ1) is 13.1. The second-order valence-corrected chi connectivity index (χ2v) is 8.56. The minimum Gasteiger partial charge on any atom is -0.354 e. The Labute approximate surface area is 177 Å². The average Bonchev–Trinajstić information content (AvgIpc) is 3.30. The van der Waals surface area contributed by atoms with Crippen molar-refractivity contribution in [2.24, 2.45) is 0 Å². The molecule has 1 atom stereocenters. The number of aromatic nitrogens is 4. The molecule has 2 heterocycles. The van der Waals surface area contributed by atoms with Crippen molar-refractivity contribution in [2.75, 3.05) is 6.54 Å². The lowest BCUT2D eigenvalue weighted by atomic mass is 10.2. The van der Waals surface area contributed by atoms with Crippen molar-refractivity contribution in [2.45, 2.75) is 57.8 Å². The fourth-order valence-electron chi connectivity index (χ4n) is 2.95. The van der Waals surface area contributed by atoms with Crippen molar-refractivity contribution < 1.29 is 18.0 Å². The number of amides is 1. The highest BCUT2D eigenvalue weighted by Gasteiger charge is 2.42. The van der Waals surface area contributed by atoms with Crippen LogP contribution in [0.25, 0.3) is 0 Å². The van der Waals surface area contributed by atoms with Gasteiger partial charge in [0.15, 0.2) is 5.69 Å². The summed E-state index contributed by atoms with van der Waals surface area (Å²) in [4.78, 5) is 12.5. The summed E-state index contributed by atoms with van der Waals surface area (Å²) in [6, 6.07) is -0.830. The fourth-order valence-corrected chi connectivity index (χ4v) is 4.07. The van der Waals surface area contributed by atoms with Crippen LogP contribution in [-0.2, 0) is 17.5 Å². The van der Waals surface area contributed by atoms with Crippen LogP contribution >= 0.6 is 31.9 Å². The summed E-state index contributed by atoms with van der Waals surface area (Å²) in [5.41, 5.74) is 0.357. The molecular formula is C17H20Br2F3N5O. The predicted octanol–water partition coefficient (Wildman–Crippen LogP) is 4.58. The molecule has 0 bridgehead atoms. The molecule has 1 saturated carbocycles. The Morgan fingerprint density at radius 2 is 2.04 bits per heavy atom. The first-order valence-electron chi connectivity index (χ1n) is 8.92. The number of hydrogen-bond acceptors (Lipinski definition) is 3. The number of nitrogens with zero attached hydrogens (tertiary/aromatic N) is 4. The smallest absolute Gasteiger partial charge is 0.354 e. The van der Waals surface area contributed by atoms with Crippen LogP contribution in [0, 0.1) is 6.92 Å². The summed E-state index contributed by atoms with van der Waals surface area (Å²) < 4.78 is 43.5. The zero-order valence-electron chi connectivity index (χ0n) is 15.4. The van der Waals surface area contributed by atoms with Crippen LogP contribution in [0.2, 0.25) is 0 Å². The Kier molecular flexibility index (Phi) is 6.23. The van der Waals surface area contributed by atoms with Crippen molar-refractivity contribution in [1.82, 2.24) is 24.9 Å². The van der Waals surface area contributed by atoms with Gasteiger partial charge in [-0.2, -0.15) is 23.4 Å². The van der Waals surface area contributed by atoms with E-state index in [4.69, 9.17) is 0 Å². The Bertz CT molecular complexity index is 854. The van der Waals surface area contributed by atoms with Gasteiger partial charge in [0.05, 0.1) is 20.3 Å². The lowest BCUT2D eigenvalue weighted by Crippen LogP contribution is -2.33. The van der Waals surface area contributed by atoms with Crippen molar-refractivity contribution in [1.29, 1.82) is 0 Å². The van der Waals surface area contributed by atoms with Crippen LogP contribution in [0.1, 0.15) is 55.2 Å². The molecule has 1 N–H and O–H groups in total. The molecule has 1 aliphatic rings. The van der Waals surface area contributed by atoms with Gasteiger partial charge in [-0.05, 0) is 65.0 Å². The minimum absolute atomic E-state index is 0.00901. The van der Waals surface area contributed by atoms with Gasteiger partial charge >= 0.3 is 6.18 Å². The lowest BCUT2D eigenvalue weighted by molar-refractivity contribution is -0.142. The molecule has 0 aliphatic heterocycles. The van der Waals surface area contributed by atoms with Gasteiger partial charge in [-0.25, -0.2) is 0 Å². The van der Waals surface area contributed by atoms with Gasteiger partial charge in [-0.1, -0.05) is 0 Å². The Balaban J connectivity index is 1.63. The molecule has 0 radical (unpaired) electrons. The van der Waals surface area contributed by atoms with Crippen LogP contribution in [0.4, 0.5) is 13.2 Å². The van der Waals surface area contributed by atoms with Gasteiger partial charge in [-0.3, -0.25) is 14.2 Å². The van der Waals surface area contributed by atoms with Crippen LogP contribution < -0.4 is 5.32 Å². The first-order valence-corrected chi connectivity index (χ1v) is 10.5. The molecule has 1 unspecified atom stereocenters. The normalized spacial score (nSPS) is 15.7. The highest BCUT2D eigenvalue weighted by molar-refractivity contribution is 9.10. The summed E-state index contributed by atoms with van der Waals surface area (Å²) in [6.45, 7) is 4.47. The summed E-state index contributed by atoms with van der Waals surface area (Å²) >= 11 is 6.44. The molecule has 2 aromatic heterocycles. The van der Waals surface area contributed by atoms with Crippen LogP contribution in [0.15, 0.2) is 15.1 Å². The lowest BCUT2D eigenvalue weighted by Gasteiger charge is -2.16. The van der Waals surface area contributed by atoms with E-state index in [2.05, 4.69) is 47.4 Å². The van der Waals surface area contributed by atoms with Crippen molar-refractivity contribution in [3.63, 3.8) is 0 Å². The zero-order chi connectivity index (χ0) is 20.6. The molecule has 6 nitrogen and oxygen atoms in total. The molecule has 154 valence electrons. The number of aryl methyl sites for hydroxylation is 2. The van der Waals surface area contributed by atoms with E-state index < -0.39 is 17.9 Å². The Hall–Kier alpha value is -1.36. The minimum atomic E-state index is -4.57. The predicted molar refractivity (Wildman–Crippen MR) is 104 cm³/mol. The number of rotatable bonds is 7. The molecule has 2 aromatic rings. The van der Waals surface area contributed by atoms with E-state index in [1.54, 1.807) is 11.6 Å². The van der Waals surface area contributed by atoms with E-state index in [9.17, 15) is 18.0 Å². The fraction of sp³-hybridized carbons (Fsp3) is 0.588. The molecule has 1 aliphatic carbocycles. The standard InChI is InChI=1S/C17H20Br2F3N5O/c1-9-12(18)8-26(24-9)7-3-6-23-16(28)10(2)27-14(11-4-5-11)13(19)15(25-27)17(20,21)22/h8,10-11H,3-7H2,1-2H3,(H,23,28). The van der Waals surface area contributed by atoms with Crippen molar-refractivity contribution in [3.05, 3.63) is 32.2 Å². The number of carbonyl (C=O) groups excluding carboxylic acids is 1. The topological polar surface area (TPSA) is 64.7 Å². The van der Waals surface area contributed by atoms with E-state index in [-0.39, 0.29) is 16.3 Å². The van der Waals surface area contributed by atoms with Crippen LogP contribution in [0.3, 0.4) is 0 Å². The number of halogens is 5. The summed E-state index contributed by atoms with van der Waals surface area (Å²) in [5, 5.41) is 10.8. The zero-order valence-corrected chi connectivity index (χ0v) is 18.5. The van der Waals surface area contributed by atoms with Gasteiger partial charge < -0.3 is 5.32 Å². The maximum atomic E-state index is 13.2. The summed E-state index contributed by atoms with van der Waals surface area (Å²) in [6.07, 6.45) is -0.455. The highest BCUT2D eigenvalue weighted by Crippen LogP contribution is 2.47. The molecule has 3 rings (SSSR count). The number of hydrogen-bond donors (Lipinski definition) is 1. The average molecular weight is 527 g/mol. The molecule has 11 heteroatoms. The quantitative estimate of drug-likeness (QED) is 0.537. The second-order valence-electron chi connectivity index (χ2n) is 6.91.